The molecular weight excluding hydrogens is 180 g/mol. The number of hydrogen-bond acceptors (Lipinski definition) is 3. The molecule has 1 aliphatic heterocycles. The van der Waals surface area contributed by atoms with Gasteiger partial charge in [0.1, 0.15) is 0 Å². The molecule has 0 aromatic carbocycles. The molecule has 0 radical (unpaired) electrons. The van der Waals surface area contributed by atoms with E-state index in [2.05, 4.69) is 19.2 Å². The van der Waals surface area contributed by atoms with E-state index in [1.54, 1.807) is 4.90 Å². The zero-order valence-electron chi connectivity index (χ0n) is 9.08. The molecule has 1 rings (SSSR count). The van der Waals surface area contributed by atoms with Gasteiger partial charge < -0.3 is 15.0 Å². The highest BCUT2D eigenvalue weighted by molar-refractivity contribution is 5.67. The number of rotatable bonds is 3. The van der Waals surface area contributed by atoms with E-state index in [-0.39, 0.29) is 6.09 Å². The second-order valence-corrected chi connectivity index (χ2v) is 3.77. The lowest BCUT2D eigenvalue weighted by Crippen LogP contribution is -2.51. The van der Waals surface area contributed by atoms with Crippen LogP contribution < -0.4 is 5.32 Å². The maximum Gasteiger partial charge on any atom is 0.409 e. The second kappa shape index (κ2) is 5.86. The molecule has 0 aliphatic carbocycles. The summed E-state index contributed by atoms with van der Waals surface area (Å²) in [4.78, 5) is 13.3. The molecule has 1 atom stereocenters. The second-order valence-electron chi connectivity index (χ2n) is 3.77. The summed E-state index contributed by atoms with van der Waals surface area (Å²) < 4.78 is 5.13. The van der Waals surface area contributed by atoms with Crippen LogP contribution in [0.25, 0.3) is 0 Å². The van der Waals surface area contributed by atoms with Gasteiger partial charge in [-0.25, -0.2) is 4.79 Å². The number of ether oxygens (including phenoxy) is 1. The molecule has 1 N–H and O–H groups in total. The normalized spacial score (nSPS) is 22.1. The van der Waals surface area contributed by atoms with Gasteiger partial charge in [0.15, 0.2) is 0 Å². The molecule has 4 nitrogen and oxygen atoms in total. The highest BCUT2D eigenvalue weighted by Crippen LogP contribution is 2.02. The van der Waals surface area contributed by atoms with Crippen LogP contribution in [0.3, 0.4) is 0 Å². The van der Waals surface area contributed by atoms with Crippen LogP contribution in [-0.4, -0.2) is 43.3 Å². The van der Waals surface area contributed by atoms with Crippen LogP contribution in [0.15, 0.2) is 0 Å². The smallest absolute Gasteiger partial charge is 0.409 e. The van der Waals surface area contributed by atoms with Crippen molar-refractivity contribution in [3.05, 3.63) is 0 Å². The molecule has 1 amide bonds. The summed E-state index contributed by atoms with van der Waals surface area (Å²) in [5.41, 5.74) is 0. The first-order valence-electron chi connectivity index (χ1n) is 5.39. The van der Waals surface area contributed by atoms with Crippen LogP contribution in [0, 0.1) is 0 Å². The number of carbonyl (C=O) groups is 1. The molecule has 0 aromatic rings. The summed E-state index contributed by atoms with van der Waals surface area (Å²) in [6.07, 6.45) is 1.85. The van der Waals surface area contributed by atoms with Crippen LogP contribution in [0.4, 0.5) is 4.79 Å². The van der Waals surface area contributed by atoms with E-state index >= 15 is 0 Å². The van der Waals surface area contributed by atoms with Gasteiger partial charge in [-0.1, -0.05) is 13.3 Å². The first kappa shape index (κ1) is 11.3. The summed E-state index contributed by atoms with van der Waals surface area (Å²) >= 11 is 0. The van der Waals surface area contributed by atoms with Crippen LogP contribution in [0.5, 0.6) is 0 Å². The quantitative estimate of drug-likeness (QED) is 0.696. The van der Waals surface area contributed by atoms with E-state index in [4.69, 9.17) is 4.74 Å². The first-order valence-corrected chi connectivity index (χ1v) is 5.39. The van der Waals surface area contributed by atoms with E-state index in [9.17, 15) is 4.79 Å². The summed E-state index contributed by atoms with van der Waals surface area (Å²) in [7, 11) is 0. The Bertz CT molecular complexity index is 185. The zero-order valence-corrected chi connectivity index (χ0v) is 9.08. The van der Waals surface area contributed by atoms with Crippen molar-refractivity contribution in [2.75, 3.05) is 26.2 Å². The third kappa shape index (κ3) is 3.54. The molecular formula is C10H20N2O2. The number of nitrogens with one attached hydrogen (secondary N) is 1. The summed E-state index contributed by atoms with van der Waals surface area (Å²) in [6, 6.07) is 0.377. The third-order valence-corrected chi connectivity index (χ3v) is 2.35. The van der Waals surface area contributed by atoms with Gasteiger partial charge in [0.25, 0.3) is 0 Å². The highest BCUT2D eigenvalue weighted by Gasteiger charge is 2.20. The molecule has 14 heavy (non-hydrogen) atoms. The largest absolute Gasteiger partial charge is 0.449 e. The zero-order chi connectivity index (χ0) is 10.4. The van der Waals surface area contributed by atoms with Crippen LogP contribution in [-0.2, 0) is 4.74 Å². The topological polar surface area (TPSA) is 41.6 Å². The van der Waals surface area contributed by atoms with Gasteiger partial charge in [-0.3, -0.25) is 0 Å². The van der Waals surface area contributed by atoms with E-state index in [1.165, 1.54) is 0 Å². The van der Waals surface area contributed by atoms with Gasteiger partial charge in [-0.2, -0.15) is 0 Å². The van der Waals surface area contributed by atoms with E-state index in [1.807, 2.05) is 0 Å². The average molecular weight is 200 g/mol. The Morgan fingerprint density at radius 1 is 1.64 bits per heavy atom. The van der Waals surface area contributed by atoms with E-state index < -0.39 is 0 Å². The average Bonchev–Trinajstić information content (AvgIpc) is 2.18. The van der Waals surface area contributed by atoms with Gasteiger partial charge in [0.2, 0.25) is 0 Å². The van der Waals surface area contributed by atoms with E-state index in [0.29, 0.717) is 12.6 Å². The Hall–Kier alpha value is -0.770. The molecule has 0 aromatic heterocycles. The lowest BCUT2D eigenvalue weighted by atomic mass is 10.2. The fraction of sp³-hybridized carbons (Fsp3) is 0.900. The standard InChI is InChI=1S/C10H20N2O2/c1-3-4-7-14-10(13)12-6-5-11-9(2)8-12/h9,11H,3-8H2,1-2H3/t9-/m0/s1. The number of nitrogens with zero attached hydrogens (tertiary/aromatic N) is 1. The van der Waals surface area contributed by atoms with Gasteiger partial charge in [0, 0.05) is 25.7 Å². The van der Waals surface area contributed by atoms with E-state index in [0.717, 1.165) is 32.5 Å². The molecule has 1 heterocycles. The minimum atomic E-state index is -0.160. The van der Waals surface area contributed by atoms with Crippen LogP contribution >= 0.6 is 0 Å². The molecule has 82 valence electrons. The molecule has 4 heteroatoms. The minimum Gasteiger partial charge on any atom is -0.449 e. The van der Waals surface area contributed by atoms with Gasteiger partial charge in [0.05, 0.1) is 6.61 Å². The fourth-order valence-electron chi connectivity index (χ4n) is 1.49. The van der Waals surface area contributed by atoms with Crippen molar-refractivity contribution in [2.45, 2.75) is 32.7 Å². The molecule has 1 aliphatic rings. The Morgan fingerprint density at radius 3 is 3.07 bits per heavy atom. The first-order chi connectivity index (χ1) is 6.74. The number of piperazine rings is 1. The third-order valence-electron chi connectivity index (χ3n) is 2.35. The maximum atomic E-state index is 11.5. The lowest BCUT2D eigenvalue weighted by Gasteiger charge is -2.31. The van der Waals surface area contributed by atoms with Crippen molar-refractivity contribution < 1.29 is 9.53 Å². The summed E-state index contributed by atoms with van der Waals surface area (Å²) in [5, 5.41) is 3.28. The number of amides is 1. The predicted molar refractivity (Wildman–Crippen MR) is 55.3 cm³/mol. The number of unbranched alkanes of at least 4 members (excludes halogenated alkanes) is 1. The molecule has 1 fully saturated rings. The fourth-order valence-corrected chi connectivity index (χ4v) is 1.49. The molecule has 0 bridgehead atoms. The lowest BCUT2D eigenvalue weighted by molar-refractivity contribution is 0.0908. The maximum absolute atomic E-state index is 11.5. The predicted octanol–water partition coefficient (Wildman–Crippen LogP) is 1.22. The summed E-state index contributed by atoms with van der Waals surface area (Å²) in [5.74, 6) is 0. The van der Waals surface area contributed by atoms with Crippen LogP contribution in [0.2, 0.25) is 0 Å². The van der Waals surface area contributed by atoms with Gasteiger partial charge in [-0.15, -0.1) is 0 Å². The SMILES string of the molecule is CCCCOC(=O)N1CCN[C@@H](C)C1. The molecule has 0 spiro atoms. The molecule has 1 saturated heterocycles. The van der Waals surface area contributed by atoms with Crippen molar-refractivity contribution in [3.8, 4) is 0 Å². The van der Waals surface area contributed by atoms with Crippen molar-refractivity contribution >= 4 is 6.09 Å². The Balaban J connectivity index is 2.22. The Morgan fingerprint density at radius 2 is 2.43 bits per heavy atom. The van der Waals surface area contributed by atoms with Gasteiger partial charge in [-0.05, 0) is 13.3 Å². The van der Waals surface area contributed by atoms with Crippen molar-refractivity contribution in [2.24, 2.45) is 0 Å². The van der Waals surface area contributed by atoms with Crippen LogP contribution in [0.1, 0.15) is 26.7 Å². The summed E-state index contributed by atoms with van der Waals surface area (Å²) in [6.45, 7) is 7.09. The van der Waals surface area contributed by atoms with Crippen molar-refractivity contribution in [1.82, 2.24) is 10.2 Å². The number of carbonyl (C=O) groups excluding carboxylic acids is 1. The monoisotopic (exact) mass is 200 g/mol. The number of hydrogen-bond donors (Lipinski definition) is 1. The Kier molecular flexibility index (Phi) is 4.73. The van der Waals surface area contributed by atoms with Crippen molar-refractivity contribution in [3.63, 3.8) is 0 Å². The highest BCUT2D eigenvalue weighted by atomic mass is 16.6. The molecule has 0 saturated carbocycles. The molecule has 0 unspecified atom stereocenters. The minimum absolute atomic E-state index is 0.160. The Labute approximate surface area is 85.6 Å². The van der Waals surface area contributed by atoms with Gasteiger partial charge >= 0.3 is 6.09 Å². The van der Waals surface area contributed by atoms with Crippen molar-refractivity contribution in [1.29, 1.82) is 0 Å².